The third-order valence-electron chi connectivity index (χ3n) is 3.06. The Labute approximate surface area is 142 Å². The molecule has 0 bridgehead atoms. The lowest BCUT2D eigenvalue weighted by Crippen LogP contribution is -2.11. The summed E-state index contributed by atoms with van der Waals surface area (Å²) >= 11 is 3.12. The fourth-order valence-corrected chi connectivity index (χ4v) is 3.50. The van der Waals surface area contributed by atoms with E-state index in [-0.39, 0.29) is 11.2 Å². The summed E-state index contributed by atoms with van der Waals surface area (Å²) in [6, 6.07) is 6.34. The second kappa shape index (κ2) is 6.41. The largest absolute Gasteiger partial charge is 0.339 e. The Morgan fingerprint density at radius 3 is 2.57 bits per heavy atom. The van der Waals surface area contributed by atoms with Crippen molar-refractivity contribution in [2.75, 3.05) is 0 Å². The molecule has 0 atom stereocenters. The second-order valence-corrected chi connectivity index (χ2v) is 8.14. The van der Waals surface area contributed by atoms with Crippen LogP contribution in [0.3, 0.4) is 0 Å². The lowest BCUT2D eigenvalue weighted by atomic mass is 9.97. The Balaban J connectivity index is 1.65. The van der Waals surface area contributed by atoms with Gasteiger partial charge >= 0.3 is 0 Å². The molecule has 0 amide bonds. The molecule has 0 unspecified atom stereocenters. The van der Waals surface area contributed by atoms with Gasteiger partial charge in [-0.25, -0.2) is 9.37 Å². The maximum Gasteiger partial charge on any atom is 0.232 e. The number of benzene rings is 1. The van der Waals surface area contributed by atoms with E-state index in [2.05, 4.69) is 15.1 Å². The topological polar surface area (TPSA) is 51.8 Å². The quantitative estimate of drug-likeness (QED) is 0.626. The third kappa shape index (κ3) is 3.97. The lowest BCUT2D eigenvalue weighted by molar-refractivity contribution is 0.319. The van der Waals surface area contributed by atoms with E-state index < -0.39 is 0 Å². The summed E-state index contributed by atoms with van der Waals surface area (Å²) in [6.45, 7) is 6.10. The molecule has 0 spiro atoms. The van der Waals surface area contributed by atoms with E-state index in [0.29, 0.717) is 17.5 Å². The van der Waals surface area contributed by atoms with E-state index in [1.54, 1.807) is 35.2 Å². The maximum absolute atomic E-state index is 13.0. The van der Waals surface area contributed by atoms with Crippen LogP contribution < -0.4 is 0 Å². The molecule has 0 aliphatic carbocycles. The average Bonchev–Trinajstić information content (AvgIpc) is 3.15. The molecule has 0 N–H and O–H groups in total. The van der Waals surface area contributed by atoms with Crippen LogP contribution in [-0.2, 0) is 11.2 Å². The normalized spacial score (nSPS) is 11.8. The molecule has 2 aromatic heterocycles. The lowest BCUT2D eigenvalue weighted by Gasteiger charge is -2.10. The molecule has 1 aromatic carbocycles. The van der Waals surface area contributed by atoms with Gasteiger partial charge in [-0.3, -0.25) is 0 Å². The molecule has 23 heavy (non-hydrogen) atoms. The molecule has 3 rings (SSSR count). The highest BCUT2D eigenvalue weighted by Gasteiger charge is 2.21. The fraction of sp³-hybridized carbons (Fsp3) is 0.312. The van der Waals surface area contributed by atoms with Crippen LogP contribution in [0, 0.1) is 5.82 Å². The summed E-state index contributed by atoms with van der Waals surface area (Å²) in [5, 5.41) is 5.97. The van der Waals surface area contributed by atoms with Gasteiger partial charge in [-0.2, -0.15) is 4.98 Å². The summed E-state index contributed by atoms with van der Waals surface area (Å²) in [5.41, 5.74) is 1.61. The molecule has 7 heteroatoms. The van der Waals surface area contributed by atoms with Crippen LogP contribution in [0.5, 0.6) is 0 Å². The number of hydrogen-bond donors (Lipinski definition) is 0. The molecule has 3 aromatic rings. The van der Waals surface area contributed by atoms with Crippen molar-refractivity contribution < 1.29 is 8.91 Å². The predicted octanol–water partition coefficient (Wildman–Crippen LogP) is 4.92. The highest BCUT2D eigenvalue weighted by molar-refractivity contribution is 8.00. The number of thiazole rings is 1. The predicted molar refractivity (Wildman–Crippen MR) is 90.1 cm³/mol. The summed E-state index contributed by atoms with van der Waals surface area (Å²) < 4.78 is 19.2. The molecule has 2 heterocycles. The minimum atomic E-state index is -0.245. The fourth-order valence-electron chi connectivity index (χ4n) is 1.82. The highest BCUT2D eigenvalue weighted by atomic mass is 32.2. The van der Waals surface area contributed by atoms with Crippen molar-refractivity contribution in [1.82, 2.24) is 15.1 Å². The van der Waals surface area contributed by atoms with Gasteiger partial charge in [-0.1, -0.05) is 37.7 Å². The number of hydrogen-bond acceptors (Lipinski definition) is 6. The van der Waals surface area contributed by atoms with Gasteiger partial charge < -0.3 is 4.52 Å². The van der Waals surface area contributed by atoms with Gasteiger partial charge in [0.2, 0.25) is 5.89 Å². The van der Waals surface area contributed by atoms with E-state index in [1.165, 1.54) is 12.1 Å². The van der Waals surface area contributed by atoms with E-state index in [1.807, 2.05) is 26.2 Å². The molecule has 4 nitrogen and oxygen atoms in total. The van der Waals surface area contributed by atoms with Crippen molar-refractivity contribution in [2.24, 2.45) is 0 Å². The van der Waals surface area contributed by atoms with E-state index in [9.17, 15) is 4.39 Å². The zero-order valence-electron chi connectivity index (χ0n) is 13.0. The third-order valence-corrected chi connectivity index (χ3v) is 5.07. The van der Waals surface area contributed by atoms with Crippen molar-refractivity contribution in [3.05, 3.63) is 47.2 Å². The minimum absolute atomic E-state index is 0.146. The monoisotopic (exact) mass is 349 g/mol. The van der Waals surface area contributed by atoms with E-state index in [4.69, 9.17) is 4.52 Å². The van der Waals surface area contributed by atoms with Crippen molar-refractivity contribution in [3.8, 4) is 11.3 Å². The number of halogens is 1. The number of rotatable bonds is 4. The van der Waals surface area contributed by atoms with Crippen molar-refractivity contribution in [3.63, 3.8) is 0 Å². The summed E-state index contributed by atoms with van der Waals surface area (Å²) in [7, 11) is 0. The standard InChI is InChI=1S/C16H16FN3OS2/c1-16(2,3)14-19-13(20-21-14)9-23-15-18-12(8-22-15)10-4-6-11(17)7-5-10/h4-8H,9H2,1-3H3. The molecular weight excluding hydrogens is 333 g/mol. The van der Waals surface area contributed by atoms with Crippen LogP contribution in [0.2, 0.25) is 0 Å². The minimum Gasteiger partial charge on any atom is -0.339 e. The van der Waals surface area contributed by atoms with Crippen molar-refractivity contribution >= 4 is 23.1 Å². The first-order valence-corrected chi connectivity index (χ1v) is 8.96. The Bertz CT molecular complexity index is 790. The van der Waals surface area contributed by atoms with Gasteiger partial charge in [0.05, 0.1) is 11.4 Å². The van der Waals surface area contributed by atoms with Crippen LogP contribution >= 0.6 is 23.1 Å². The molecular formula is C16H16FN3OS2. The summed E-state index contributed by atoms with van der Waals surface area (Å²) in [6.07, 6.45) is 0. The number of aromatic nitrogens is 3. The number of nitrogens with zero attached hydrogens (tertiary/aromatic N) is 3. The molecule has 0 aliphatic rings. The average molecular weight is 349 g/mol. The number of thioether (sulfide) groups is 1. The summed E-state index contributed by atoms with van der Waals surface area (Å²) in [5.74, 6) is 1.67. The smallest absolute Gasteiger partial charge is 0.232 e. The molecule has 0 radical (unpaired) electrons. The van der Waals surface area contributed by atoms with Crippen molar-refractivity contribution in [1.29, 1.82) is 0 Å². The molecule has 0 aliphatic heterocycles. The first kappa shape index (κ1) is 16.1. The Hall–Kier alpha value is -1.73. The SMILES string of the molecule is CC(C)(C)c1nc(CSc2nc(-c3ccc(F)cc3)cs2)no1. The van der Waals surface area contributed by atoms with Crippen LogP contribution in [0.1, 0.15) is 32.5 Å². The van der Waals surface area contributed by atoms with Crippen LogP contribution in [0.4, 0.5) is 4.39 Å². The van der Waals surface area contributed by atoms with Crippen molar-refractivity contribution in [2.45, 2.75) is 36.3 Å². The Kier molecular flexibility index (Phi) is 4.50. The van der Waals surface area contributed by atoms with Gasteiger partial charge in [-0.15, -0.1) is 11.3 Å². The maximum atomic E-state index is 13.0. The molecule has 0 saturated carbocycles. The van der Waals surface area contributed by atoms with Gasteiger partial charge in [0.25, 0.3) is 0 Å². The Morgan fingerprint density at radius 2 is 1.91 bits per heavy atom. The molecule has 0 fully saturated rings. The first-order chi connectivity index (χ1) is 10.9. The van der Waals surface area contributed by atoms with E-state index in [0.717, 1.165) is 15.6 Å². The Morgan fingerprint density at radius 1 is 1.17 bits per heavy atom. The van der Waals surface area contributed by atoms with Crippen LogP contribution in [-0.4, -0.2) is 15.1 Å². The molecule has 0 saturated heterocycles. The van der Waals surface area contributed by atoms with Gasteiger partial charge in [0.1, 0.15) is 5.82 Å². The first-order valence-electron chi connectivity index (χ1n) is 7.09. The van der Waals surface area contributed by atoms with Crippen LogP contribution in [0.15, 0.2) is 38.5 Å². The zero-order chi connectivity index (χ0) is 16.4. The second-order valence-electron chi connectivity index (χ2n) is 6.06. The van der Waals surface area contributed by atoms with Gasteiger partial charge in [0.15, 0.2) is 10.2 Å². The van der Waals surface area contributed by atoms with Crippen LogP contribution in [0.25, 0.3) is 11.3 Å². The highest BCUT2D eigenvalue weighted by Crippen LogP contribution is 2.30. The van der Waals surface area contributed by atoms with E-state index >= 15 is 0 Å². The summed E-state index contributed by atoms with van der Waals surface area (Å²) in [4.78, 5) is 8.96. The molecule has 120 valence electrons. The van der Waals surface area contributed by atoms with Gasteiger partial charge in [-0.05, 0) is 24.3 Å². The zero-order valence-corrected chi connectivity index (χ0v) is 14.7. The van der Waals surface area contributed by atoms with Gasteiger partial charge in [0, 0.05) is 16.4 Å².